The van der Waals surface area contributed by atoms with Crippen LogP contribution in [0.4, 0.5) is 0 Å². The lowest BCUT2D eigenvalue weighted by molar-refractivity contribution is -0.870. The van der Waals surface area contributed by atoms with Gasteiger partial charge in [0.2, 0.25) is 0 Å². The van der Waals surface area contributed by atoms with Gasteiger partial charge in [-0.25, -0.2) is 4.57 Å². The molecule has 0 radical (unpaired) electrons. The number of phosphoric ester groups is 1. The average molecular weight is 891 g/mol. The van der Waals surface area contributed by atoms with Gasteiger partial charge in [0.25, 0.3) is 0 Å². The van der Waals surface area contributed by atoms with Gasteiger partial charge in [0.1, 0.15) is 19.3 Å². The molecule has 0 amide bonds. The van der Waals surface area contributed by atoms with E-state index >= 15 is 0 Å². The number of carbonyl (C=O) groups excluding carboxylic acids is 1. The lowest BCUT2D eigenvalue weighted by Gasteiger charge is -2.24. The Morgan fingerprint density at radius 3 is 1.40 bits per heavy atom. The van der Waals surface area contributed by atoms with Gasteiger partial charge in [0.15, 0.2) is 0 Å². The van der Waals surface area contributed by atoms with E-state index in [2.05, 4.69) is 86.8 Å². The molecule has 0 bridgehead atoms. The Morgan fingerprint density at radius 1 is 0.516 bits per heavy atom. The highest BCUT2D eigenvalue weighted by Crippen LogP contribution is 2.43. The van der Waals surface area contributed by atoms with Gasteiger partial charge in [-0.1, -0.05) is 202 Å². The molecule has 0 saturated heterocycles. The highest BCUT2D eigenvalue weighted by molar-refractivity contribution is 7.47. The largest absolute Gasteiger partial charge is 0.472 e. The number of hydrogen-bond donors (Lipinski definition) is 1. The number of esters is 1. The maximum absolute atomic E-state index is 12.7. The minimum atomic E-state index is -4.28. The summed E-state index contributed by atoms with van der Waals surface area (Å²) in [7, 11) is 1.66. The summed E-state index contributed by atoms with van der Waals surface area (Å²) in [6, 6.07) is 0. The molecule has 0 fully saturated rings. The van der Waals surface area contributed by atoms with E-state index in [0.29, 0.717) is 24.1 Å². The van der Waals surface area contributed by atoms with Gasteiger partial charge < -0.3 is 18.9 Å². The highest BCUT2D eigenvalue weighted by atomic mass is 31.2. The second kappa shape index (κ2) is 45.5. The molecular weight excluding hydrogens is 794 g/mol. The molecule has 2 atom stereocenters. The number of rotatable bonds is 46. The van der Waals surface area contributed by atoms with Crippen LogP contribution in [0.15, 0.2) is 72.9 Å². The van der Waals surface area contributed by atoms with Gasteiger partial charge >= 0.3 is 13.8 Å². The van der Waals surface area contributed by atoms with E-state index in [1.54, 1.807) is 0 Å². The zero-order valence-corrected chi connectivity index (χ0v) is 41.7. The summed E-state index contributed by atoms with van der Waals surface area (Å²) >= 11 is 0. The summed E-state index contributed by atoms with van der Waals surface area (Å²) in [6.45, 7) is 5.49. The Balaban J connectivity index is 4.15. The van der Waals surface area contributed by atoms with E-state index in [1.165, 1.54) is 103 Å². The van der Waals surface area contributed by atoms with Crippen molar-refractivity contribution in [2.75, 3.05) is 54.1 Å². The molecule has 0 spiro atoms. The van der Waals surface area contributed by atoms with Crippen LogP contribution in [0, 0.1) is 0 Å². The van der Waals surface area contributed by atoms with Crippen molar-refractivity contribution in [3.8, 4) is 0 Å². The van der Waals surface area contributed by atoms with E-state index in [0.717, 1.165) is 77.0 Å². The van der Waals surface area contributed by atoms with Crippen LogP contribution in [0.25, 0.3) is 0 Å². The first-order valence-electron chi connectivity index (χ1n) is 25.2. The molecule has 0 saturated carbocycles. The lowest BCUT2D eigenvalue weighted by Crippen LogP contribution is -2.37. The molecule has 0 aliphatic heterocycles. The fourth-order valence-corrected chi connectivity index (χ4v) is 7.42. The fraction of sp³-hybridized carbons (Fsp3) is 0.755. The quantitative estimate of drug-likeness (QED) is 0.0214. The van der Waals surface area contributed by atoms with Gasteiger partial charge in [0, 0.05) is 13.0 Å². The van der Waals surface area contributed by atoms with Crippen LogP contribution in [0.1, 0.15) is 200 Å². The summed E-state index contributed by atoms with van der Waals surface area (Å²) in [5, 5.41) is 0. The van der Waals surface area contributed by atoms with E-state index in [-0.39, 0.29) is 25.8 Å². The second-order valence-corrected chi connectivity index (χ2v) is 19.3. The van der Waals surface area contributed by atoms with Crippen molar-refractivity contribution in [2.24, 2.45) is 0 Å². The number of likely N-dealkylation sites (N-methyl/N-ethyl adjacent to an activating group) is 1. The van der Waals surface area contributed by atoms with E-state index in [1.807, 2.05) is 21.1 Å². The van der Waals surface area contributed by atoms with Gasteiger partial charge in [0.05, 0.1) is 34.4 Å². The number of phosphoric acid groups is 1. The molecule has 0 aromatic rings. The topological polar surface area (TPSA) is 91.3 Å². The van der Waals surface area contributed by atoms with Gasteiger partial charge in [-0.2, -0.15) is 0 Å². The maximum atomic E-state index is 12.7. The smallest absolute Gasteiger partial charge is 0.457 e. The summed E-state index contributed by atoms with van der Waals surface area (Å²) < 4.78 is 35.1. The number of unbranched alkanes of at least 4 members (excludes halogenated alkanes) is 20. The minimum absolute atomic E-state index is 0.0842. The standard InChI is InChI=1S/C53H96NO7P/c1-6-8-10-12-14-16-18-20-22-23-24-25-26-27-28-29-30-31-32-33-35-37-39-41-43-45-48-58-50-52(51-60-62(56,57)59-49-47-54(3,4)5)61-53(55)46-44-42-40-38-36-34-21-19-17-15-13-11-9-7-2/h8,10,14,16,20,22,24-25,27-28,30-31,52H,6-7,9,11-13,15,17-19,21,23,26,29,32-51H2,1-5H3/p+1/b10-8-,16-14-,22-20-,25-24-,28-27-,31-30-. The molecule has 0 heterocycles. The van der Waals surface area contributed by atoms with Crippen molar-refractivity contribution in [1.29, 1.82) is 0 Å². The SMILES string of the molecule is CC/C=C\C/C=C\C/C=C\C/C=C\C/C=C\C/C=C\CCCCCCCCCOCC(COP(=O)(O)OCC[N+](C)(C)C)OC(=O)CCCCCCCCCCCCCCCC. The molecule has 0 aliphatic rings. The Kier molecular flexibility index (Phi) is 44.0. The Morgan fingerprint density at radius 2 is 0.935 bits per heavy atom. The minimum Gasteiger partial charge on any atom is -0.457 e. The van der Waals surface area contributed by atoms with E-state index in [9.17, 15) is 14.3 Å². The van der Waals surface area contributed by atoms with Gasteiger partial charge in [-0.05, 0) is 64.2 Å². The first-order chi connectivity index (χ1) is 30.1. The number of carbonyl (C=O) groups is 1. The van der Waals surface area contributed by atoms with Crippen molar-refractivity contribution < 1.29 is 37.3 Å². The normalized spacial score (nSPS) is 14.2. The lowest BCUT2D eigenvalue weighted by atomic mass is 10.0. The molecule has 0 aromatic heterocycles. The molecule has 2 unspecified atom stereocenters. The molecular formula is C53H97NO7P+. The van der Waals surface area contributed by atoms with Crippen LogP contribution in [-0.2, 0) is 27.9 Å². The van der Waals surface area contributed by atoms with Crippen LogP contribution in [0.5, 0.6) is 0 Å². The Hall–Kier alpha value is -2.06. The average Bonchev–Trinajstić information content (AvgIpc) is 3.23. The molecule has 62 heavy (non-hydrogen) atoms. The molecule has 0 aliphatic carbocycles. The van der Waals surface area contributed by atoms with Crippen molar-refractivity contribution in [2.45, 2.75) is 206 Å². The zero-order valence-electron chi connectivity index (χ0n) is 40.8. The molecule has 0 rings (SSSR count). The first kappa shape index (κ1) is 59.9. The summed E-state index contributed by atoms with van der Waals surface area (Å²) in [5.74, 6) is -0.319. The molecule has 0 aromatic carbocycles. The van der Waals surface area contributed by atoms with Crippen molar-refractivity contribution >= 4 is 13.8 Å². The number of allylic oxidation sites excluding steroid dienone is 12. The predicted molar refractivity (Wildman–Crippen MR) is 265 cm³/mol. The Bertz CT molecular complexity index is 1220. The number of nitrogens with zero attached hydrogens (tertiary/aromatic N) is 1. The first-order valence-corrected chi connectivity index (χ1v) is 26.7. The van der Waals surface area contributed by atoms with Crippen LogP contribution >= 0.6 is 7.82 Å². The summed E-state index contributed by atoms with van der Waals surface area (Å²) in [6.07, 6.45) is 59.4. The van der Waals surface area contributed by atoms with E-state index < -0.39 is 13.9 Å². The second-order valence-electron chi connectivity index (χ2n) is 17.8. The third-order valence-corrected chi connectivity index (χ3v) is 11.5. The fourth-order valence-electron chi connectivity index (χ4n) is 6.67. The van der Waals surface area contributed by atoms with Crippen LogP contribution in [-0.4, -0.2) is 75.6 Å². The molecule has 360 valence electrons. The van der Waals surface area contributed by atoms with Crippen LogP contribution < -0.4 is 0 Å². The van der Waals surface area contributed by atoms with Gasteiger partial charge in [-0.15, -0.1) is 0 Å². The monoisotopic (exact) mass is 891 g/mol. The molecule has 9 heteroatoms. The number of hydrogen-bond acceptors (Lipinski definition) is 6. The van der Waals surface area contributed by atoms with Crippen molar-refractivity contribution in [3.63, 3.8) is 0 Å². The molecule has 1 N–H and O–H groups in total. The number of ether oxygens (including phenoxy) is 2. The molecule has 8 nitrogen and oxygen atoms in total. The summed E-state index contributed by atoms with van der Waals surface area (Å²) in [4.78, 5) is 23.0. The van der Waals surface area contributed by atoms with Crippen molar-refractivity contribution in [1.82, 2.24) is 0 Å². The predicted octanol–water partition coefficient (Wildman–Crippen LogP) is 15.4. The third-order valence-electron chi connectivity index (χ3n) is 10.5. The number of quaternary nitrogens is 1. The third kappa shape index (κ3) is 49.0. The summed E-state index contributed by atoms with van der Waals surface area (Å²) in [5.41, 5.74) is 0. The van der Waals surface area contributed by atoms with Crippen molar-refractivity contribution in [3.05, 3.63) is 72.9 Å². The van der Waals surface area contributed by atoms with Gasteiger partial charge in [-0.3, -0.25) is 13.8 Å². The zero-order chi connectivity index (χ0) is 45.5. The Labute approximate surface area is 383 Å². The maximum Gasteiger partial charge on any atom is 0.472 e. The van der Waals surface area contributed by atoms with Crippen LogP contribution in [0.3, 0.4) is 0 Å². The highest BCUT2D eigenvalue weighted by Gasteiger charge is 2.26. The van der Waals surface area contributed by atoms with E-state index in [4.69, 9.17) is 18.5 Å². The van der Waals surface area contributed by atoms with Crippen LogP contribution in [0.2, 0.25) is 0 Å².